The van der Waals surface area contributed by atoms with E-state index in [1.165, 1.54) is 19.2 Å². The number of hydrogen-bond acceptors (Lipinski definition) is 6. The number of carbonyl (C=O) groups excluding carboxylic acids is 1. The van der Waals surface area contributed by atoms with Gasteiger partial charge in [-0.05, 0) is 36.8 Å². The van der Waals surface area contributed by atoms with Gasteiger partial charge in [-0.1, -0.05) is 23.7 Å². The Hall–Kier alpha value is -2.68. The number of anilines is 1. The van der Waals surface area contributed by atoms with Crippen LogP contribution in [0.2, 0.25) is 5.02 Å². The number of nitrogens with zero attached hydrogens (tertiary/aromatic N) is 2. The van der Waals surface area contributed by atoms with Gasteiger partial charge in [0, 0.05) is 18.1 Å². The van der Waals surface area contributed by atoms with Crippen molar-refractivity contribution in [2.24, 2.45) is 0 Å². The molecule has 3 rings (SSSR count). The molecule has 1 N–H and O–H groups in total. The summed E-state index contributed by atoms with van der Waals surface area (Å²) in [5.41, 5.74) is 0.901. The first-order chi connectivity index (χ1) is 13.9. The number of ether oxygens (including phenoxy) is 2. The number of nitro groups is 1. The highest BCUT2D eigenvalue weighted by Crippen LogP contribution is 2.30. The smallest absolute Gasteiger partial charge is 0.296 e. The average molecular weight is 420 g/mol. The number of nitro benzene ring substituents is 1. The number of halogens is 1. The number of carbonyl (C=O) groups is 1. The van der Waals surface area contributed by atoms with E-state index in [0.717, 1.165) is 5.56 Å². The topological polar surface area (TPSA) is 93.9 Å². The van der Waals surface area contributed by atoms with Crippen LogP contribution in [-0.4, -0.2) is 48.6 Å². The molecular formula is C20H22ClN3O5. The molecule has 2 aromatic rings. The van der Waals surface area contributed by atoms with Crippen LogP contribution in [0, 0.1) is 10.1 Å². The van der Waals surface area contributed by atoms with E-state index in [4.69, 9.17) is 21.1 Å². The van der Waals surface area contributed by atoms with Crippen molar-refractivity contribution in [3.8, 4) is 5.75 Å². The zero-order chi connectivity index (χ0) is 21.0. The fraction of sp³-hybridized carbons (Fsp3) is 0.350. The molecule has 0 radical (unpaired) electrons. The Kier molecular flexibility index (Phi) is 6.68. The third-order valence-electron chi connectivity index (χ3n) is 4.93. The molecule has 2 atom stereocenters. The minimum Gasteiger partial charge on any atom is -0.496 e. The molecule has 2 aromatic carbocycles. The number of amides is 1. The molecule has 0 saturated carbocycles. The van der Waals surface area contributed by atoms with Crippen LogP contribution >= 0.6 is 11.6 Å². The van der Waals surface area contributed by atoms with Crippen molar-refractivity contribution in [2.45, 2.75) is 19.1 Å². The summed E-state index contributed by atoms with van der Waals surface area (Å²) in [4.78, 5) is 25.5. The lowest BCUT2D eigenvalue weighted by Crippen LogP contribution is -2.48. The molecule has 2 unspecified atom stereocenters. The maximum atomic E-state index is 12.8. The lowest BCUT2D eigenvalue weighted by molar-refractivity contribution is -0.384. The van der Waals surface area contributed by atoms with Crippen LogP contribution in [0.25, 0.3) is 0 Å². The molecule has 1 fully saturated rings. The van der Waals surface area contributed by atoms with E-state index in [-0.39, 0.29) is 23.4 Å². The number of benzene rings is 2. The van der Waals surface area contributed by atoms with Crippen LogP contribution in [-0.2, 0) is 9.53 Å². The van der Waals surface area contributed by atoms with Gasteiger partial charge in [-0.3, -0.25) is 19.8 Å². The van der Waals surface area contributed by atoms with Crippen molar-refractivity contribution in [1.82, 2.24) is 4.90 Å². The number of nitrogens with one attached hydrogen (secondary N) is 1. The maximum absolute atomic E-state index is 12.8. The van der Waals surface area contributed by atoms with Gasteiger partial charge < -0.3 is 14.8 Å². The molecule has 0 aliphatic carbocycles. The van der Waals surface area contributed by atoms with Gasteiger partial charge >= 0.3 is 0 Å². The van der Waals surface area contributed by atoms with E-state index in [0.29, 0.717) is 30.5 Å². The molecule has 0 bridgehead atoms. The Balaban J connectivity index is 1.70. The predicted octanol–water partition coefficient (Wildman–Crippen LogP) is 3.66. The van der Waals surface area contributed by atoms with E-state index in [1.54, 1.807) is 25.1 Å². The van der Waals surface area contributed by atoms with Gasteiger partial charge in [-0.2, -0.15) is 0 Å². The van der Waals surface area contributed by atoms with Gasteiger partial charge in [-0.15, -0.1) is 0 Å². The highest BCUT2D eigenvalue weighted by Gasteiger charge is 2.29. The molecule has 1 amide bonds. The number of rotatable bonds is 6. The minimum absolute atomic E-state index is 0.134. The Labute approximate surface area is 173 Å². The van der Waals surface area contributed by atoms with Crippen molar-refractivity contribution >= 4 is 28.9 Å². The average Bonchev–Trinajstić information content (AvgIpc) is 2.73. The van der Waals surface area contributed by atoms with Crippen LogP contribution in [0.15, 0.2) is 42.5 Å². The molecule has 29 heavy (non-hydrogen) atoms. The second kappa shape index (κ2) is 9.21. The van der Waals surface area contributed by atoms with E-state index in [2.05, 4.69) is 5.32 Å². The Morgan fingerprint density at radius 2 is 2.07 bits per heavy atom. The molecule has 9 heteroatoms. The van der Waals surface area contributed by atoms with Crippen LogP contribution in [0.3, 0.4) is 0 Å². The summed E-state index contributed by atoms with van der Waals surface area (Å²) < 4.78 is 10.9. The number of methoxy groups -OCH3 is 1. The van der Waals surface area contributed by atoms with E-state index in [9.17, 15) is 14.9 Å². The first-order valence-corrected chi connectivity index (χ1v) is 9.51. The van der Waals surface area contributed by atoms with Gasteiger partial charge in [0.1, 0.15) is 11.4 Å². The molecule has 154 valence electrons. The van der Waals surface area contributed by atoms with Gasteiger partial charge in [0.2, 0.25) is 5.91 Å². The fourth-order valence-electron chi connectivity index (χ4n) is 3.20. The summed E-state index contributed by atoms with van der Waals surface area (Å²) in [7, 11) is 1.43. The predicted molar refractivity (Wildman–Crippen MR) is 109 cm³/mol. The normalized spacial score (nSPS) is 18.1. The quantitative estimate of drug-likeness (QED) is 0.567. The zero-order valence-electron chi connectivity index (χ0n) is 16.1. The third-order valence-corrected chi connectivity index (χ3v) is 5.18. The Bertz CT molecular complexity index is 890. The molecule has 1 aliphatic rings. The molecule has 0 spiro atoms. The highest BCUT2D eigenvalue weighted by molar-refractivity contribution is 6.30. The lowest BCUT2D eigenvalue weighted by Gasteiger charge is -2.36. The fourth-order valence-corrected chi connectivity index (χ4v) is 3.32. The van der Waals surface area contributed by atoms with Crippen LogP contribution in [0.1, 0.15) is 18.6 Å². The Morgan fingerprint density at radius 1 is 1.34 bits per heavy atom. The summed E-state index contributed by atoms with van der Waals surface area (Å²) in [6.07, 6.45) is -0.174. The highest BCUT2D eigenvalue weighted by atomic mass is 35.5. The molecule has 1 heterocycles. The van der Waals surface area contributed by atoms with Crippen molar-refractivity contribution in [2.75, 3.05) is 32.1 Å². The summed E-state index contributed by atoms with van der Waals surface area (Å²) in [6.45, 7) is 3.37. The first kappa shape index (κ1) is 21.0. The van der Waals surface area contributed by atoms with E-state index < -0.39 is 11.0 Å². The van der Waals surface area contributed by atoms with Gasteiger partial charge in [0.25, 0.3) is 5.69 Å². The SMILES string of the molecule is COc1ccc(NC(=O)C(C)N2CCOC(c3ccc(Cl)cc3)C2)c([N+](=O)[O-])c1. The first-order valence-electron chi connectivity index (χ1n) is 9.13. The van der Waals surface area contributed by atoms with Gasteiger partial charge in [0.15, 0.2) is 0 Å². The van der Waals surface area contributed by atoms with Gasteiger partial charge in [0.05, 0.1) is 36.9 Å². The standard InChI is InChI=1S/C20H22ClN3O5/c1-13(20(25)22-17-8-7-16(28-2)11-18(17)24(26)27)23-9-10-29-19(12-23)14-3-5-15(21)6-4-14/h3-8,11,13,19H,9-10,12H2,1-2H3,(H,22,25). The maximum Gasteiger partial charge on any atom is 0.296 e. The summed E-state index contributed by atoms with van der Waals surface area (Å²) >= 11 is 5.94. The van der Waals surface area contributed by atoms with Crippen molar-refractivity contribution in [1.29, 1.82) is 0 Å². The van der Waals surface area contributed by atoms with Crippen molar-refractivity contribution < 1.29 is 19.2 Å². The number of morpholine rings is 1. The summed E-state index contributed by atoms with van der Waals surface area (Å²) in [5, 5.41) is 14.6. The molecule has 0 aromatic heterocycles. The van der Waals surface area contributed by atoms with Gasteiger partial charge in [-0.25, -0.2) is 0 Å². The van der Waals surface area contributed by atoms with Crippen LogP contribution in [0.4, 0.5) is 11.4 Å². The molecular weight excluding hydrogens is 398 g/mol. The Morgan fingerprint density at radius 3 is 2.72 bits per heavy atom. The van der Waals surface area contributed by atoms with Crippen LogP contribution in [0.5, 0.6) is 5.75 Å². The summed E-state index contributed by atoms with van der Waals surface area (Å²) in [6, 6.07) is 11.2. The van der Waals surface area contributed by atoms with E-state index in [1.807, 2.05) is 17.0 Å². The number of hydrogen-bond donors (Lipinski definition) is 1. The van der Waals surface area contributed by atoms with Crippen LogP contribution < -0.4 is 10.1 Å². The molecule has 8 nitrogen and oxygen atoms in total. The lowest BCUT2D eigenvalue weighted by atomic mass is 10.1. The second-order valence-electron chi connectivity index (χ2n) is 6.71. The zero-order valence-corrected chi connectivity index (χ0v) is 16.9. The largest absolute Gasteiger partial charge is 0.496 e. The molecule has 1 saturated heterocycles. The summed E-state index contributed by atoms with van der Waals surface area (Å²) in [5.74, 6) is 0.0248. The monoisotopic (exact) mass is 419 g/mol. The second-order valence-corrected chi connectivity index (χ2v) is 7.15. The van der Waals surface area contributed by atoms with Crippen molar-refractivity contribution in [3.63, 3.8) is 0 Å². The molecule has 1 aliphatic heterocycles. The van der Waals surface area contributed by atoms with E-state index >= 15 is 0 Å². The van der Waals surface area contributed by atoms with Crippen molar-refractivity contribution in [3.05, 3.63) is 63.2 Å². The minimum atomic E-state index is -0.548. The third kappa shape index (κ3) is 5.03.